The molecule has 0 aromatic carbocycles. The largest absolute Gasteiger partial charge is 0.368 e. The summed E-state index contributed by atoms with van der Waals surface area (Å²) in [4.78, 5) is 34.9. The van der Waals surface area contributed by atoms with Gasteiger partial charge in [0.2, 0.25) is 11.8 Å². The Balaban J connectivity index is 2.64. The Hall–Kier alpha value is -1.30. The van der Waals surface area contributed by atoms with E-state index in [0.29, 0.717) is 13.0 Å². The van der Waals surface area contributed by atoms with Crippen molar-refractivity contribution >= 4 is 29.4 Å². The highest BCUT2D eigenvalue weighted by molar-refractivity contribution is 6.28. The highest BCUT2D eigenvalue weighted by Gasteiger charge is 2.31. The quantitative estimate of drug-likeness (QED) is 0.662. The lowest BCUT2D eigenvalue weighted by atomic mass is 10.0. The van der Waals surface area contributed by atoms with Crippen molar-refractivity contribution in [1.29, 1.82) is 0 Å². The fourth-order valence-electron chi connectivity index (χ4n) is 1.69. The minimum atomic E-state index is -0.628. The number of hydrogen-bond acceptors (Lipinski definition) is 3. The van der Waals surface area contributed by atoms with Crippen molar-refractivity contribution in [2.24, 2.45) is 5.73 Å². The van der Waals surface area contributed by atoms with E-state index in [4.69, 9.17) is 17.3 Å². The van der Waals surface area contributed by atoms with Gasteiger partial charge in [0.25, 0.3) is 0 Å². The summed E-state index contributed by atoms with van der Waals surface area (Å²) < 4.78 is 0. The molecule has 1 atom stereocenters. The summed E-state index contributed by atoms with van der Waals surface area (Å²) in [5.41, 5.74) is 5.19. The Kier molecular flexibility index (Phi) is 4.54. The van der Waals surface area contributed by atoms with E-state index in [1.807, 2.05) is 0 Å². The first-order valence-corrected chi connectivity index (χ1v) is 5.55. The molecule has 4 amide bonds. The van der Waals surface area contributed by atoms with Gasteiger partial charge in [0.1, 0.15) is 11.9 Å². The monoisotopic (exact) mass is 247 g/mol. The Labute approximate surface area is 98.1 Å². The molecule has 6 nitrogen and oxygen atoms in total. The van der Waals surface area contributed by atoms with Crippen molar-refractivity contribution in [3.05, 3.63) is 0 Å². The van der Waals surface area contributed by atoms with Crippen LogP contribution in [0.1, 0.15) is 19.3 Å². The van der Waals surface area contributed by atoms with Gasteiger partial charge in [0, 0.05) is 6.54 Å². The first kappa shape index (κ1) is 12.8. The molecule has 3 N–H and O–H groups in total. The number of rotatable bonds is 2. The second-order valence-corrected chi connectivity index (χ2v) is 3.86. The molecule has 1 fully saturated rings. The average molecular weight is 248 g/mol. The molecule has 0 bridgehead atoms. The van der Waals surface area contributed by atoms with E-state index < -0.39 is 23.9 Å². The number of likely N-dealkylation sites (tertiary alicyclic amines) is 1. The highest BCUT2D eigenvalue weighted by Crippen LogP contribution is 2.16. The Morgan fingerprint density at radius 3 is 2.62 bits per heavy atom. The SMILES string of the molecule is NC(=O)C1CCCCN1C(=O)NC(=O)CCl. The Morgan fingerprint density at radius 1 is 1.38 bits per heavy atom. The number of primary amides is 1. The zero-order valence-electron chi connectivity index (χ0n) is 8.74. The number of nitrogens with two attached hydrogens (primary N) is 1. The Morgan fingerprint density at radius 2 is 2.06 bits per heavy atom. The molecular formula is C9H14ClN3O3. The number of alkyl halides is 1. The van der Waals surface area contributed by atoms with E-state index in [0.717, 1.165) is 12.8 Å². The summed E-state index contributed by atoms with van der Waals surface area (Å²) in [6, 6.07) is -1.23. The normalized spacial score (nSPS) is 20.3. The van der Waals surface area contributed by atoms with Crippen molar-refractivity contribution in [2.75, 3.05) is 12.4 Å². The van der Waals surface area contributed by atoms with E-state index in [-0.39, 0.29) is 5.88 Å². The lowest BCUT2D eigenvalue weighted by Crippen LogP contribution is -2.54. The number of carbonyl (C=O) groups is 3. The minimum absolute atomic E-state index is 0.291. The number of carbonyl (C=O) groups excluding carboxylic acids is 3. The molecule has 0 radical (unpaired) electrons. The average Bonchev–Trinajstić information content (AvgIpc) is 2.28. The van der Waals surface area contributed by atoms with Gasteiger partial charge in [-0.15, -0.1) is 11.6 Å². The van der Waals surface area contributed by atoms with Gasteiger partial charge in [0.05, 0.1) is 0 Å². The van der Waals surface area contributed by atoms with Crippen LogP contribution in [-0.4, -0.2) is 41.2 Å². The summed E-state index contributed by atoms with van der Waals surface area (Å²) in [6.07, 6.45) is 2.19. The third-order valence-corrected chi connectivity index (χ3v) is 2.70. The van der Waals surface area contributed by atoms with E-state index in [9.17, 15) is 14.4 Å². The summed E-state index contributed by atoms with van der Waals surface area (Å²) in [5, 5.41) is 2.09. The predicted octanol–water partition coefficient (Wildman–Crippen LogP) is -0.199. The molecule has 16 heavy (non-hydrogen) atoms. The smallest absolute Gasteiger partial charge is 0.324 e. The number of piperidine rings is 1. The van der Waals surface area contributed by atoms with Crippen LogP contribution in [0.4, 0.5) is 4.79 Å². The van der Waals surface area contributed by atoms with Gasteiger partial charge in [-0.3, -0.25) is 14.9 Å². The molecule has 90 valence electrons. The maximum atomic E-state index is 11.6. The summed E-state index contributed by atoms with van der Waals surface area (Å²) in [7, 11) is 0. The second kappa shape index (κ2) is 5.69. The number of urea groups is 1. The van der Waals surface area contributed by atoms with Crippen LogP contribution >= 0.6 is 11.6 Å². The summed E-state index contributed by atoms with van der Waals surface area (Å²) >= 11 is 5.26. The lowest BCUT2D eigenvalue weighted by Gasteiger charge is -2.33. The van der Waals surface area contributed by atoms with E-state index in [1.54, 1.807) is 0 Å². The number of hydrogen-bond donors (Lipinski definition) is 2. The van der Waals surface area contributed by atoms with Crippen LogP contribution in [0.25, 0.3) is 0 Å². The third kappa shape index (κ3) is 3.10. The van der Waals surface area contributed by atoms with Gasteiger partial charge in [-0.05, 0) is 19.3 Å². The number of imide groups is 1. The van der Waals surface area contributed by atoms with Crippen LogP contribution in [0.5, 0.6) is 0 Å². The van der Waals surface area contributed by atoms with Crippen molar-refractivity contribution < 1.29 is 14.4 Å². The highest BCUT2D eigenvalue weighted by atomic mass is 35.5. The zero-order valence-corrected chi connectivity index (χ0v) is 9.50. The first-order valence-electron chi connectivity index (χ1n) is 5.02. The van der Waals surface area contributed by atoms with Crippen molar-refractivity contribution in [2.45, 2.75) is 25.3 Å². The maximum absolute atomic E-state index is 11.6. The van der Waals surface area contributed by atoms with Crippen LogP contribution in [-0.2, 0) is 9.59 Å². The van der Waals surface area contributed by atoms with Crippen molar-refractivity contribution in [1.82, 2.24) is 10.2 Å². The fourth-order valence-corrected chi connectivity index (χ4v) is 1.76. The maximum Gasteiger partial charge on any atom is 0.324 e. The van der Waals surface area contributed by atoms with Crippen LogP contribution in [0, 0.1) is 0 Å². The molecule has 0 saturated carbocycles. The number of nitrogens with one attached hydrogen (secondary N) is 1. The lowest BCUT2D eigenvalue weighted by molar-refractivity contribution is -0.124. The molecule has 7 heteroatoms. The molecular weight excluding hydrogens is 234 g/mol. The topological polar surface area (TPSA) is 92.5 Å². The van der Waals surface area contributed by atoms with Gasteiger partial charge in [-0.25, -0.2) is 4.79 Å². The molecule has 1 heterocycles. The van der Waals surface area contributed by atoms with Crippen LogP contribution in [0.3, 0.4) is 0 Å². The Bertz CT molecular complexity index is 308. The fraction of sp³-hybridized carbons (Fsp3) is 0.667. The number of nitrogens with zero attached hydrogens (tertiary/aromatic N) is 1. The van der Waals surface area contributed by atoms with Crippen molar-refractivity contribution in [3.8, 4) is 0 Å². The van der Waals surface area contributed by atoms with Gasteiger partial charge in [0.15, 0.2) is 0 Å². The van der Waals surface area contributed by atoms with Gasteiger partial charge in [-0.2, -0.15) is 0 Å². The van der Waals surface area contributed by atoms with Crippen molar-refractivity contribution in [3.63, 3.8) is 0 Å². The van der Waals surface area contributed by atoms with Crippen LogP contribution in [0.2, 0.25) is 0 Å². The molecule has 1 aliphatic heterocycles. The molecule has 0 aromatic rings. The second-order valence-electron chi connectivity index (χ2n) is 3.59. The van der Waals surface area contributed by atoms with Gasteiger partial charge in [-0.1, -0.05) is 0 Å². The third-order valence-electron chi connectivity index (χ3n) is 2.46. The van der Waals surface area contributed by atoms with Gasteiger partial charge < -0.3 is 10.6 Å². The number of halogens is 1. The van der Waals surface area contributed by atoms with E-state index in [1.165, 1.54) is 4.90 Å². The molecule has 1 rings (SSSR count). The van der Waals surface area contributed by atoms with E-state index >= 15 is 0 Å². The molecule has 0 spiro atoms. The number of amides is 4. The standard InChI is InChI=1S/C9H14ClN3O3/c10-5-7(14)12-9(16)13-4-2-1-3-6(13)8(11)15/h6H,1-5H2,(H2,11,15)(H,12,14,16). The van der Waals surface area contributed by atoms with Crippen LogP contribution < -0.4 is 11.1 Å². The van der Waals surface area contributed by atoms with Crippen LogP contribution in [0.15, 0.2) is 0 Å². The molecule has 0 aliphatic carbocycles. The summed E-state index contributed by atoms with van der Waals surface area (Å²) in [5.74, 6) is -1.42. The first-order chi connectivity index (χ1) is 7.56. The minimum Gasteiger partial charge on any atom is -0.368 e. The predicted molar refractivity (Wildman–Crippen MR) is 57.8 cm³/mol. The molecule has 0 aromatic heterocycles. The molecule has 1 saturated heterocycles. The zero-order chi connectivity index (χ0) is 12.1. The summed E-state index contributed by atoms with van der Waals surface area (Å²) in [6.45, 7) is 0.426. The molecule has 1 aliphatic rings. The molecule has 1 unspecified atom stereocenters. The van der Waals surface area contributed by atoms with E-state index in [2.05, 4.69) is 5.32 Å². The van der Waals surface area contributed by atoms with Gasteiger partial charge >= 0.3 is 6.03 Å².